The third-order valence-electron chi connectivity index (χ3n) is 3.64. The van der Waals surface area contributed by atoms with Gasteiger partial charge in [0.25, 0.3) is 5.69 Å². The molecule has 0 saturated heterocycles. The molecule has 0 heterocycles. The van der Waals surface area contributed by atoms with Gasteiger partial charge in [-0.15, -0.1) is 0 Å². The van der Waals surface area contributed by atoms with Gasteiger partial charge in [-0.25, -0.2) is 13.1 Å². The van der Waals surface area contributed by atoms with Crippen LogP contribution in [0.2, 0.25) is 0 Å². The van der Waals surface area contributed by atoms with E-state index in [1.165, 1.54) is 29.8 Å². The molecule has 2 aromatic carbocycles. The van der Waals surface area contributed by atoms with E-state index < -0.39 is 14.9 Å². The van der Waals surface area contributed by atoms with E-state index in [-0.39, 0.29) is 22.5 Å². The highest BCUT2D eigenvalue weighted by Gasteiger charge is 2.16. The van der Waals surface area contributed by atoms with Crippen LogP contribution in [-0.4, -0.2) is 13.3 Å². The Morgan fingerprint density at radius 2 is 1.54 bits per heavy atom. The topological polar surface area (TPSA) is 89.3 Å². The van der Waals surface area contributed by atoms with Gasteiger partial charge in [-0.3, -0.25) is 10.1 Å². The van der Waals surface area contributed by atoms with Crippen molar-refractivity contribution in [2.24, 2.45) is 0 Å². The van der Waals surface area contributed by atoms with Crippen LogP contribution in [0, 0.1) is 10.1 Å². The first-order valence-electron chi connectivity index (χ1n) is 7.43. The number of hydrogen-bond donors (Lipinski definition) is 1. The molecule has 0 aliphatic rings. The Hall–Kier alpha value is -2.25. The first kappa shape index (κ1) is 18.1. The fourth-order valence-corrected chi connectivity index (χ4v) is 3.15. The maximum absolute atomic E-state index is 12.2. The van der Waals surface area contributed by atoms with Crippen LogP contribution >= 0.6 is 0 Å². The Morgan fingerprint density at radius 3 is 2.00 bits per heavy atom. The third-order valence-corrected chi connectivity index (χ3v) is 5.06. The average Bonchev–Trinajstić information content (AvgIpc) is 2.52. The number of sulfonamides is 1. The van der Waals surface area contributed by atoms with E-state index in [1.807, 2.05) is 24.3 Å². The molecule has 0 spiro atoms. The minimum atomic E-state index is -3.71. The van der Waals surface area contributed by atoms with Gasteiger partial charge in [0.15, 0.2) is 0 Å². The molecular formula is C17H20N2O4S. The summed E-state index contributed by atoms with van der Waals surface area (Å²) in [7, 11) is -3.71. The first-order chi connectivity index (χ1) is 11.1. The van der Waals surface area contributed by atoms with Crippen molar-refractivity contribution in [3.63, 3.8) is 0 Å². The lowest BCUT2D eigenvalue weighted by atomic mass is 9.87. The van der Waals surface area contributed by atoms with Crippen molar-refractivity contribution < 1.29 is 13.3 Å². The minimum Gasteiger partial charge on any atom is -0.258 e. The summed E-state index contributed by atoms with van der Waals surface area (Å²) in [6.07, 6.45) is 0. The maximum atomic E-state index is 12.2. The normalized spacial score (nSPS) is 12.1. The highest BCUT2D eigenvalue weighted by Crippen LogP contribution is 2.22. The lowest BCUT2D eigenvalue weighted by Crippen LogP contribution is -2.23. The molecule has 24 heavy (non-hydrogen) atoms. The summed E-state index contributed by atoms with van der Waals surface area (Å²) < 4.78 is 27.0. The van der Waals surface area contributed by atoms with E-state index in [1.54, 1.807) is 0 Å². The second-order valence-electron chi connectivity index (χ2n) is 6.52. The lowest BCUT2D eigenvalue weighted by Gasteiger charge is -2.19. The second-order valence-corrected chi connectivity index (χ2v) is 8.29. The molecule has 6 nitrogen and oxygen atoms in total. The highest BCUT2D eigenvalue weighted by atomic mass is 32.2. The van der Waals surface area contributed by atoms with E-state index in [9.17, 15) is 18.5 Å². The summed E-state index contributed by atoms with van der Waals surface area (Å²) in [5, 5.41) is 10.6. The molecule has 0 aliphatic carbocycles. The number of non-ortho nitro benzene ring substituents is 1. The van der Waals surface area contributed by atoms with Crippen molar-refractivity contribution in [2.75, 3.05) is 0 Å². The van der Waals surface area contributed by atoms with Crippen molar-refractivity contribution in [1.29, 1.82) is 0 Å². The van der Waals surface area contributed by atoms with E-state index in [2.05, 4.69) is 25.5 Å². The molecule has 0 bridgehead atoms. The van der Waals surface area contributed by atoms with Gasteiger partial charge in [0, 0.05) is 18.7 Å². The number of nitro benzene ring substituents is 1. The largest absolute Gasteiger partial charge is 0.269 e. The van der Waals surface area contributed by atoms with Crippen LogP contribution in [0.25, 0.3) is 0 Å². The van der Waals surface area contributed by atoms with Gasteiger partial charge >= 0.3 is 0 Å². The highest BCUT2D eigenvalue weighted by molar-refractivity contribution is 7.89. The molecular weight excluding hydrogens is 328 g/mol. The van der Waals surface area contributed by atoms with Gasteiger partial charge in [0.05, 0.1) is 9.82 Å². The average molecular weight is 348 g/mol. The van der Waals surface area contributed by atoms with E-state index >= 15 is 0 Å². The maximum Gasteiger partial charge on any atom is 0.269 e. The number of nitrogens with zero attached hydrogens (tertiary/aromatic N) is 1. The smallest absolute Gasteiger partial charge is 0.258 e. The quantitative estimate of drug-likeness (QED) is 0.662. The predicted molar refractivity (Wildman–Crippen MR) is 92.3 cm³/mol. The number of rotatable bonds is 5. The Kier molecular flexibility index (Phi) is 5.05. The van der Waals surface area contributed by atoms with Crippen LogP contribution in [0.4, 0.5) is 5.69 Å². The molecule has 7 heteroatoms. The summed E-state index contributed by atoms with van der Waals surface area (Å²) in [5.41, 5.74) is 1.90. The molecule has 0 unspecified atom stereocenters. The zero-order chi connectivity index (χ0) is 18.0. The molecule has 0 amide bonds. The molecule has 1 N–H and O–H groups in total. The summed E-state index contributed by atoms with van der Waals surface area (Å²) in [4.78, 5) is 10.0. The zero-order valence-corrected chi connectivity index (χ0v) is 14.6. The fourth-order valence-electron chi connectivity index (χ4n) is 2.13. The summed E-state index contributed by atoms with van der Waals surface area (Å²) >= 11 is 0. The number of benzene rings is 2. The SMILES string of the molecule is CC(C)(C)c1ccc(CNS(=O)(=O)c2ccc([N+](=O)[O-])cc2)cc1. The molecule has 2 aromatic rings. The van der Waals surface area contributed by atoms with E-state index in [4.69, 9.17) is 0 Å². The zero-order valence-electron chi connectivity index (χ0n) is 13.8. The molecule has 0 saturated carbocycles. The molecule has 0 fully saturated rings. The predicted octanol–water partition coefficient (Wildman–Crippen LogP) is 3.37. The Morgan fingerprint density at radius 1 is 1.00 bits per heavy atom. The van der Waals surface area contributed by atoms with Crippen molar-refractivity contribution in [3.05, 3.63) is 69.8 Å². The van der Waals surface area contributed by atoms with Crippen LogP contribution in [0.15, 0.2) is 53.4 Å². The van der Waals surface area contributed by atoms with E-state index in [0.29, 0.717) is 0 Å². The summed E-state index contributed by atoms with van der Waals surface area (Å²) in [5.74, 6) is 0. The third kappa shape index (κ3) is 4.39. The van der Waals surface area contributed by atoms with Gasteiger partial charge in [0.2, 0.25) is 10.0 Å². The molecule has 2 rings (SSSR count). The second kappa shape index (κ2) is 6.70. The van der Waals surface area contributed by atoms with Crippen LogP contribution in [-0.2, 0) is 22.0 Å². The van der Waals surface area contributed by atoms with Crippen LogP contribution < -0.4 is 4.72 Å². The minimum absolute atomic E-state index is 0.000545. The summed E-state index contributed by atoms with van der Waals surface area (Å²) in [6.45, 7) is 6.49. The molecule has 0 atom stereocenters. The van der Waals surface area contributed by atoms with Gasteiger partial charge in [-0.2, -0.15) is 0 Å². The number of nitro groups is 1. The van der Waals surface area contributed by atoms with Gasteiger partial charge in [-0.1, -0.05) is 45.0 Å². The van der Waals surface area contributed by atoms with Crippen molar-refractivity contribution in [1.82, 2.24) is 4.72 Å². The summed E-state index contributed by atoms with van der Waals surface area (Å²) in [6, 6.07) is 12.5. The molecule has 128 valence electrons. The van der Waals surface area contributed by atoms with Crippen LogP contribution in [0.5, 0.6) is 0 Å². The van der Waals surface area contributed by atoms with Crippen LogP contribution in [0.3, 0.4) is 0 Å². The fraction of sp³-hybridized carbons (Fsp3) is 0.294. The lowest BCUT2D eigenvalue weighted by molar-refractivity contribution is -0.384. The molecule has 0 aromatic heterocycles. The van der Waals surface area contributed by atoms with Crippen molar-refractivity contribution in [3.8, 4) is 0 Å². The van der Waals surface area contributed by atoms with Gasteiger partial charge in [0.1, 0.15) is 0 Å². The molecule has 0 radical (unpaired) electrons. The van der Waals surface area contributed by atoms with Gasteiger partial charge in [-0.05, 0) is 28.7 Å². The van der Waals surface area contributed by atoms with Gasteiger partial charge < -0.3 is 0 Å². The Labute approximate surface area is 141 Å². The molecule has 0 aliphatic heterocycles. The van der Waals surface area contributed by atoms with Crippen molar-refractivity contribution >= 4 is 15.7 Å². The van der Waals surface area contributed by atoms with Crippen molar-refractivity contribution in [2.45, 2.75) is 37.6 Å². The number of hydrogen-bond acceptors (Lipinski definition) is 4. The Balaban J connectivity index is 2.08. The Bertz CT molecular complexity index is 820. The number of nitrogens with one attached hydrogen (secondary N) is 1. The standard InChI is InChI=1S/C17H20N2O4S/c1-17(2,3)14-6-4-13(5-7-14)12-18-24(22,23)16-10-8-15(9-11-16)19(20)21/h4-11,18H,12H2,1-3H3. The van der Waals surface area contributed by atoms with E-state index in [0.717, 1.165) is 5.56 Å². The monoisotopic (exact) mass is 348 g/mol. The van der Waals surface area contributed by atoms with Crippen LogP contribution in [0.1, 0.15) is 31.9 Å². The first-order valence-corrected chi connectivity index (χ1v) is 8.91.